The van der Waals surface area contributed by atoms with Crippen LogP contribution >= 0.6 is 0 Å². The standard InChI is InChI=1S/C16H30O4/c1-11(2)7-9-15(17)19-13(5)14(6)20-16(18)10-8-12(3)4/h11-14H,7-10H2,1-6H3. The van der Waals surface area contributed by atoms with E-state index in [2.05, 4.69) is 27.7 Å². The summed E-state index contributed by atoms with van der Waals surface area (Å²) in [5.41, 5.74) is 0. The Kier molecular flexibility index (Phi) is 9.26. The summed E-state index contributed by atoms with van der Waals surface area (Å²) in [6.45, 7) is 11.8. The minimum absolute atomic E-state index is 0.226. The van der Waals surface area contributed by atoms with E-state index >= 15 is 0 Å². The van der Waals surface area contributed by atoms with Crippen molar-refractivity contribution in [1.82, 2.24) is 0 Å². The largest absolute Gasteiger partial charge is 0.459 e. The van der Waals surface area contributed by atoms with Gasteiger partial charge in [0.1, 0.15) is 12.2 Å². The van der Waals surface area contributed by atoms with Gasteiger partial charge in [0, 0.05) is 12.8 Å². The van der Waals surface area contributed by atoms with Crippen LogP contribution in [0.3, 0.4) is 0 Å². The fourth-order valence-electron chi connectivity index (χ4n) is 1.54. The Hall–Kier alpha value is -1.06. The van der Waals surface area contributed by atoms with Gasteiger partial charge in [-0.25, -0.2) is 0 Å². The van der Waals surface area contributed by atoms with E-state index in [4.69, 9.17) is 9.47 Å². The highest BCUT2D eigenvalue weighted by atomic mass is 16.6. The third kappa shape index (κ3) is 9.82. The zero-order valence-electron chi connectivity index (χ0n) is 13.8. The third-order valence-corrected chi connectivity index (χ3v) is 3.15. The van der Waals surface area contributed by atoms with Crippen LogP contribution in [0.5, 0.6) is 0 Å². The summed E-state index contributed by atoms with van der Waals surface area (Å²) in [5.74, 6) is 0.501. The Morgan fingerprint density at radius 1 is 0.700 bits per heavy atom. The maximum atomic E-state index is 11.6. The summed E-state index contributed by atoms with van der Waals surface area (Å²) < 4.78 is 10.5. The number of ether oxygens (including phenoxy) is 2. The van der Waals surface area contributed by atoms with Crippen LogP contribution in [0.4, 0.5) is 0 Å². The molecule has 4 nitrogen and oxygen atoms in total. The maximum absolute atomic E-state index is 11.6. The van der Waals surface area contributed by atoms with Crippen molar-refractivity contribution in [2.75, 3.05) is 0 Å². The second-order valence-corrected chi connectivity index (χ2v) is 6.25. The second kappa shape index (κ2) is 9.78. The molecule has 0 saturated heterocycles. The topological polar surface area (TPSA) is 52.6 Å². The molecule has 0 bridgehead atoms. The van der Waals surface area contributed by atoms with Gasteiger partial charge in [-0.2, -0.15) is 0 Å². The van der Waals surface area contributed by atoms with Gasteiger partial charge in [0.15, 0.2) is 0 Å². The molecule has 0 aliphatic rings. The van der Waals surface area contributed by atoms with Crippen molar-refractivity contribution in [3.63, 3.8) is 0 Å². The molecule has 0 radical (unpaired) electrons. The monoisotopic (exact) mass is 286 g/mol. The van der Waals surface area contributed by atoms with E-state index in [9.17, 15) is 9.59 Å². The fourth-order valence-corrected chi connectivity index (χ4v) is 1.54. The van der Waals surface area contributed by atoms with E-state index in [1.54, 1.807) is 13.8 Å². The summed E-state index contributed by atoms with van der Waals surface area (Å²) in [6.07, 6.45) is 1.64. The van der Waals surface area contributed by atoms with Crippen molar-refractivity contribution in [2.45, 2.75) is 79.4 Å². The molecular formula is C16H30O4. The van der Waals surface area contributed by atoms with Crippen LogP contribution in [0.1, 0.15) is 67.2 Å². The minimum atomic E-state index is -0.405. The fraction of sp³-hybridized carbons (Fsp3) is 0.875. The first-order chi connectivity index (χ1) is 9.22. The Morgan fingerprint density at radius 3 is 1.25 bits per heavy atom. The SMILES string of the molecule is CC(C)CCC(=O)OC(C)C(C)OC(=O)CCC(C)C. The Morgan fingerprint density at radius 2 is 1.00 bits per heavy atom. The summed E-state index contributed by atoms with van der Waals surface area (Å²) in [7, 11) is 0. The maximum Gasteiger partial charge on any atom is 0.306 e. The molecule has 2 atom stereocenters. The number of rotatable bonds is 9. The molecule has 0 fully saturated rings. The first-order valence-corrected chi connectivity index (χ1v) is 7.61. The lowest BCUT2D eigenvalue weighted by Gasteiger charge is -2.21. The lowest BCUT2D eigenvalue weighted by molar-refractivity contribution is -0.165. The number of carbonyl (C=O) groups is 2. The minimum Gasteiger partial charge on any atom is -0.459 e. The van der Waals surface area contributed by atoms with Gasteiger partial charge in [0.2, 0.25) is 0 Å². The molecule has 20 heavy (non-hydrogen) atoms. The van der Waals surface area contributed by atoms with Crippen LogP contribution in [0.15, 0.2) is 0 Å². The number of esters is 2. The van der Waals surface area contributed by atoms with Gasteiger partial charge in [0.25, 0.3) is 0 Å². The molecule has 0 spiro atoms. The summed E-state index contributed by atoms with van der Waals surface area (Å²) in [5, 5.41) is 0. The van der Waals surface area contributed by atoms with Gasteiger partial charge >= 0.3 is 11.9 Å². The van der Waals surface area contributed by atoms with E-state index in [0.29, 0.717) is 24.7 Å². The Labute approximate surface area is 123 Å². The van der Waals surface area contributed by atoms with Crippen molar-refractivity contribution in [3.8, 4) is 0 Å². The highest BCUT2D eigenvalue weighted by molar-refractivity contribution is 5.70. The number of hydrogen-bond acceptors (Lipinski definition) is 4. The van der Waals surface area contributed by atoms with Gasteiger partial charge in [-0.05, 0) is 38.5 Å². The molecule has 2 unspecified atom stereocenters. The quantitative estimate of drug-likeness (QED) is 0.606. The molecule has 0 aliphatic carbocycles. The lowest BCUT2D eigenvalue weighted by atomic mass is 10.1. The smallest absolute Gasteiger partial charge is 0.306 e. The zero-order valence-corrected chi connectivity index (χ0v) is 13.8. The summed E-state index contributed by atoms with van der Waals surface area (Å²) >= 11 is 0. The molecule has 0 N–H and O–H groups in total. The van der Waals surface area contributed by atoms with Crippen LogP contribution in [0.2, 0.25) is 0 Å². The van der Waals surface area contributed by atoms with E-state index in [1.807, 2.05) is 0 Å². The second-order valence-electron chi connectivity index (χ2n) is 6.25. The first-order valence-electron chi connectivity index (χ1n) is 7.61. The number of hydrogen-bond donors (Lipinski definition) is 0. The van der Waals surface area contributed by atoms with Gasteiger partial charge in [-0.15, -0.1) is 0 Å². The van der Waals surface area contributed by atoms with E-state index in [-0.39, 0.29) is 11.9 Å². The average molecular weight is 286 g/mol. The normalized spacial score (nSPS) is 14.2. The molecule has 118 valence electrons. The highest BCUT2D eigenvalue weighted by Crippen LogP contribution is 2.11. The van der Waals surface area contributed by atoms with Crippen LogP contribution in [-0.4, -0.2) is 24.1 Å². The predicted molar refractivity (Wildman–Crippen MR) is 79.3 cm³/mol. The van der Waals surface area contributed by atoms with Crippen LogP contribution in [0.25, 0.3) is 0 Å². The molecule has 0 aromatic carbocycles. The summed E-state index contributed by atoms with van der Waals surface area (Å²) in [6, 6.07) is 0. The predicted octanol–water partition coefficient (Wildman–Crippen LogP) is 3.72. The Balaban J connectivity index is 3.98. The molecule has 4 heteroatoms. The number of carbonyl (C=O) groups excluding carboxylic acids is 2. The molecule has 0 amide bonds. The molecular weight excluding hydrogens is 256 g/mol. The molecule has 0 heterocycles. The molecule has 0 aliphatic heterocycles. The molecule has 0 aromatic rings. The third-order valence-electron chi connectivity index (χ3n) is 3.15. The van der Waals surface area contributed by atoms with Crippen LogP contribution < -0.4 is 0 Å². The van der Waals surface area contributed by atoms with Crippen molar-refractivity contribution in [1.29, 1.82) is 0 Å². The lowest BCUT2D eigenvalue weighted by Crippen LogP contribution is -2.30. The van der Waals surface area contributed by atoms with Crippen molar-refractivity contribution in [3.05, 3.63) is 0 Å². The Bertz CT molecular complexity index is 267. The van der Waals surface area contributed by atoms with Crippen molar-refractivity contribution >= 4 is 11.9 Å². The average Bonchev–Trinajstić information content (AvgIpc) is 2.33. The zero-order chi connectivity index (χ0) is 15.7. The molecule has 0 aromatic heterocycles. The van der Waals surface area contributed by atoms with Crippen molar-refractivity contribution in [2.24, 2.45) is 11.8 Å². The van der Waals surface area contributed by atoms with Crippen LogP contribution in [-0.2, 0) is 19.1 Å². The van der Waals surface area contributed by atoms with Gasteiger partial charge in [-0.3, -0.25) is 9.59 Å². The van der Waals surface area contributed by atoms with Crippen LogP contribution in [0, 0.1) is 11.8 Å². The van der Waals surface area contributed by atoms with E-state index < -0.39 is 12.2 Å². The highest BCUT2D eigenvalue weighted by Gasteiger charge is 2.20. The van der Waals surface area contributed by atoms with Gasteiger partial charge < -0.3 is 9.47 Å². The first kappa shape index (κ1) is 18.9. The molecule has 0 rings (SSSR count). The van der Waals surface area contributed by atoms with Gasteiger partial charge in [-0.1, -0.05) is 27.7 Å². The van der Waals surface area contributed by atoms with E-state index in [0.717, 1.165) is 12.8 Å². The van der Waals surface area contributed by atoms with Gasteiger partial charge in [0.05, 0.1) is 0 Å². The molecule has 0 saturated carbocycles. The van der Waals surface area contributed by atoms with Crippen molar-refractivity contribution < 1.29 is 19.1 Å². The summed E-state index contributed by atoms with van der Waals surface area (Å²) in [4.78, 5) is 23.2. The van der Waals surface area contributed by atoms with E-state index in [1.165, 1.54) is 0 Å².